The first-order valence-electron chi connectivity index (χ1n) is 4.86. The van der Waals surface area contributed by atoms with Gasteiger partial charge in [0.2, 0.25) is 0 Å². The van der Waals surface area contributed by atoms with E-state index in [2.05, 4.69) is 6.07 Å². The van der Waals surface area contributed by atoms with E-state index in [1.807, 2.05) is 0 Å². The molecule has 0 amide bonds. The number of carbonyl (C=O) groups is 1. The van der Waals surface area contributed by atoms with E-state index in [9.17, 15) is 4.79 Å². The van der Waals surface area contributed by atoms with Crippen LogP contribution in [-0.4, -0.2) is 18.0 Å². The van der Waals surface area contributed by atoms with Crippen LogP contribution in [0.1, 0.15) is 32.1 Å². The molecule has 0 radical (unpaired) electrons. The Morgan fingerprint density at radius 2 is 2.46 bits per heavy atom. The Hall–Kier alpha value is -0.880. The lowest BCUT2D eigenvalue weighted by Crippen LogP contribution is -2.28. The number of nitrogens with zero attached hydrogens (tertiary/aromatic N) is 1. The van der Waals surface area contributed by atoms with Crippen molar-refractivity contribution in [3.05, 3.63) is 0 Å². The summed E-state index contributed by atoms with van der Waals surface area (Å²) in [4.78, 5) is 11.5. The molecule has 2 aliphatic rings. The molecule has 13 heavy (non-hydrogen) atoms. The van der Waals surface area contributed by atoms with Crippen molar-refractivity contribution in [2.24, 2.45) is 5.92 Å². The van der Waals surface area contributed by atoms with E-state index in [0.717, 1.165) is 19.3 Å². The van der Waals surface area contributed by atoms with E-state index in [4.69, 9.17) is 10.00 Å². The molecule has 70 valence electrons. The third-order valence-corrected chi connectivity index (χ3v) is 2.98. The number of carbonyl (C=O) groups excluding carboxylic acids is 1. The molecule has 1 aliphatic carbocycles. The molecule has 1 saturated carbocycles. The molecular weight excluding hydrogens is 166 g/mol. The van der Waals surface area contributed by atoms with Crippen LogP contribution in [0.3, 0.4) is 0 Å². The summed E-state index contributed by atoms with van der Waals surface area (Å²) in [6.45, 7) is 0. The summed E-state index contributed by atoms with van der Waals surface area (Å²) in [5.41, 5.74) is 0. The summed E-state index contributed by atoms with van der Waals surface area (Å²) < 4.78 is 5.63. The third kappa shape index (κ3) is 1.59. The number of fused-ring (bicyclic) bond motifs is 1. The fourth-order valence-electron chi connectivity index (χ4n) is 2.34. The lowest BCUT2D eigenvalue weighted by atomic mass is 9.84. The fourth-order valence-corrected chi connectivity index (χ4v) is 2.34. The zero-order chi connectivity index (χ0) is 9.26. The van der Waals surface area contributed by atoms with Gasteiger partial charge in [0.15, 0.2) is 0 Å². The first kappa shape index (κ1) is 8.71. The van der Waals surface area contributed by atoms with Crippen LogP contribution >= 0.6 is 0 Å². The maximum Gasteiger partial charge on any atom is 0.138 e. The molecule has 0 N–H and O–H groups in total. The number of Topliss-reactive ketones (excluding diaryl/α,β-unsaturated/α-hetero) is 1. The van der Waals surface area contributed by atoms with Crippen molar-refractivity contribution in [1.29, 1.82) is 5.26 Å². The average molecular weight is 179 g/mol. The zero-order valence-electron chi connectivity index (χ0n) is 7.53. The largest absolute Gasteiger partial charge is 0.373 e. The molecule has 1 heterocycles. The molecule has 3 atom stereocenters. The predicted molar refractivity (Wildman–Crippen MR) is 45.9 cm³/mol. The van der Waals surface area contributed by atoms with E-state index in [-0.39, 0.29) is 18.1 Å². The van der Waals surface area contributed by atoms with Crippen LogP contribution in [0.25, 0.3) is 0 Å². The Morgan fingerprint density at radius 1 is 1.62 bits per heavy atom. The number of hydrogen-bond acceptors (Lipinski definition) is 3. The normalized spacial score (nSPS) is 38.4. The standard InChI is InChI=1S/C10H13NO2/c11-5-4-7-6-8-9(12)2-1-3-10(8)13-7/h7-8,10H,1-4,6H2/t7-,8+,10-/m1/s1. The predicted octanol–water partition coefficient (Wildman–Crippen LogP) is 1.43. The smallest absolute Gasteiger partial charge is 0.138 e. The average Bonchev–Trinajstić information content (AvgIpc) is 2.49. The highest BCUT2D eigenvalue weighted by Crippen LogP contribution is 2.36. The van der Waals surface area contributed by atoms with E-state index < -0.39 is 0 Å². The van der Waals surface area contributed by atoms with Crippen LogP contribution in [0.4, 0.5) is 0 Å². The van der Waals surface area contributed by atoms with Gasteiger partial charge < -0.3 is 4.74 Å². The van der Waals surface area contributed by atoms with Gasteiger partial charge in [-0.1, -0.05) is 0 Å². The number of rotatable bonds is 1. The Kier molecular flexibility index (Phi) is 2.32. The second kappa shape index (κ2) is 3.47. The Bertz CT molecular complexity index is 256. The van der Waals surface area contributed by atoms with Gasteiger partial charge >= 0.3 is 0 Å². The van der Waals surface area contributed by atoms with E-state index in [0.29, 0.717) is 18.6 Å². The molecule has 0 spiro atoms. The molecule has 3 heteroatoms. The fraction of sp³-hybridized carbons (Fsp3) is 0.800. The topological polar surface area (TPSA) is 50.1 Å². The Morgan fingerprint density at radius 3 is 3.15 bits per heavy atom. The van der Waals surface area contributed by atoms with Crippen LogP contribution in [0.5, 0.6) is 0 Å². The summed E-state index contributed by atoms with van der Waals surface area (Å²) in [7, 11) is 0. The first-order chi connectivity index (χ1) is 6.31. The highest BCUT2D eigenvalue weighted by Gasteiger charge is 2.41. The molecule has 0 aromatic heterocycles. The minimum atomic E-state index is 0.0158. The Balaban J connectivity index is 2.00. The number of nitriles is 1. The van der Waals surface area contributed by atoms with Crippen molar-refractivity contribution in [2.75, 3.05) is 0 Å². The van der Waals surface area contributed by atoms with Gasteiger partial charge in [0, 0.05) is 12.3 Å². The van der Waals surface area contributed by atoms with Gasteiger partial charge in [0.25, 0.3) is 0 Å². The van der Waals surface area contributed by atoms with Gasteiger partial charge in [-0.25, -0.2) is 0 Å². The van der Waals surface area contributed by atoms with Crippen LogP contribution in [0.2, 0.25) is 0 Å². The molecule has 0 bridgehead atoms. The highest BCUT2D eigenvalue weighted by molar-refractivity contribution is 5.82. The van der Waals surface area contributed by atoms with Gasteiger partial charge in [-0.2, -0.15) is 5.26 Å². The highest BCUT2D eigenvalue weighted by atomic mass is 16.5. The third-order valence-electron chi connectivity index (χ3n) is 2.98. The number of ether oxygens (including phenoxy) is 1. The summed E-state index contributed by atoms with van der Waals surface area (Å²) in [5, 5.41) is 8.51. The molecule has 1 aliphatic heterocycles. The van der Waals surface area contributed by atoms with Crippen molar-refractivity contribution in [3.8, 4) is 6.07 Å². The van der Waals surface area contributed by atoms with E-state index >= 15 is 0 Å². The van der Waals surface area contributed by atoms with Gasteiger partial charge in [-0.05, 0) is 19.3 Å². The monoisotopic (exact) mass is 179 g/mol. The number of hydrogen-bond donors (Lipinski definition) is 0. The lowest BCUT2D eigenvalue weighted by molar-refractivity contribution is -0.127. The van der Waals surface area contributed by atoms with Crippen molar-refractivity contribution >= 4 is 5.78 Å². The summed E-state index contributed by atoms with van der Waals surface area (Å²) >= 11 is 0. The molecular formula is C10H13NO2. The summed E-state index contributed by atoms with van der Waals surface area (Å²) in [6.07, 6.45) is 4.01. The van der Waals surface area contributed by atoms with E-state index in [1.54, 1.807) is 0 Å². The molecule has 3 nitrogen and oxygen atoms in total. The SMILES string of the molecule is N#CC[C@@H]1C[C@H]2C(=O)CCC[C@H]2O1. The summed E-state index contributed by atoms with van der Waals surface area (Å²) in [6, 6.07) is 2.10. The summed E-state index contributed by atoms with van der Waals surface area (Å²) in [5.74, 6) is 0.448. The first-order valence-corrected chi connectivity index (χ1v) is 4.86. The molecule has 2 rings (SSSR count). The van der Waals surface area contributed by atoms with Crippen molar-refractivity contribution < 1.29 is 9.53 Å². The molecule has 0 aromatic carbocycles. The molecule has 0 unspecified atom stereocenters. The van der Waals surface area contributed by atoms with Crippen LogP contribution in [0.15, 0.2) is 0 Å². The van der Waals surface area contributed by atoms with Gasteiger partial charge in [0.1, 0.15) is 5.78 Å². The number of ketones is 1. The van der Waals surface area contributed by atoms with Gasteiger partial charge in [-0.15, -0.1) is 0 Å². The lowest BCUT2D eigenvalue weighted by Gasteiger charge is -2.21. The van der Waals surface area contributed by atoms with Crippen LogP contribution < -0.4 is 0 Å². The van der Waals surface area contributed by atoms with E-state index in [1.165, 1.54) is 0 Å². The van der Waals surface area contributed by atoms with Crippen molar-refractivity contribution in [1.82, 2.24) is 0 Å². The minimum absolute atomic E-state index is 0.0158. The molecule has 1 saturated heterocycles. The second-order valence-corrected chi connectivity index (χ2v) is 3.86. The van der Waals surface area contributed by atoms with Crippen LogP contribution in [0, 0.1) is 17.2 Å². The maximum absolute atomic E-state index is 11.5. The van der Waals surface area contributed by atoms with Gasteiger partial charge in [-0.3, -0.25) is 4.79 Å². The van der Waals surface area contributed by atoms with Crippen molar-refractivity contribution in [2.45, 2.75) is 44.3 Å². The zero-order valence-corrected chi connectivity index (χ0v) is 7.53. The Labute approximate surface area is 77.7 Å². The van der Waals surface area contributed by atoms with Gasteiger partial charge in [0.05, 0.1) is 24.7 Å². The van der Waals surface area contributed by atoms with Crippen molar-refractivity contribution in [3.63, 3.8) is 0 Å². The maximum atomic E-state index is 11.5. The minimum Gasteiger partial charge on any atom is -0.373 e. The molecule has 2 fully saturated rings. The van der Waals surface area contributed by atoms with Crippen LogP contribution in [-0.2, 0) is 9.53 Å². The second-order valence-electron chi connectivity index (χ2n) is 3.86. The molecule has 0 aromatic rings. The quantitative estimate of drug-likeness (QED) is 0.611.